The van der Waals surface area contributed by atoms with E-state index in [1.165, 1.54) is 0 Å². The maximum Gasteiger partial charge on any atom is 0.319 e. The van der Waals surface area contributed by atoms with Crippen molar-refractivity contribution in [1.82, 2.24) is 5.32 Å². The van der Waals surface area contributed by atoms with E-state index >= 15 is 0 Å². The summed E-state index contributed by atoms with van der Waals surface area (Å²) < 4.78 is 10.00. The van der Waals surface area contributed by atoms with Crippen molar-refractivity contribution in [3.8, 4) is 0 Å². The molecule has 1 amide bonds. The molecule has 0 aliphatic carbocycles. The van der Waals surface area contributed by atoms with Gasteiger partial charge in [0.05, 0.1) is 12.7 Å². The Kier molecular flexibility index (Phi) is 6.91. The molecule has 0 aliphatic heterocycles. The predicted octanol–water partition coefficient (Wildman–Crippen LogP) is 1.36. The van der Waals surface area contributed by atoms with Crippen LogP contribution in [-0.2, 0) is 19.1 Å². The number of nitrogens with one attached hydrogen (secondary N) is 1. The third-order valence-corrected chi connectivity index (χ3v) is 2.62. The standard InChI is InChI=1S/C13H25NO4/c1-7-18-12(16)10(13(3,4)5)11(15)14-8-9(2)17-6/h9-10H,7-8H2,1-6H3,(H,14,15). The summed E-state index contributed by atoms with van der Waals surface area (Å²) in [6.45, 7) is 9.74. The minimum Gasteiger partial charge on any atom is -0.465 e. The summed E-state index contributed by atoms with van der Waals surface area (Å²) in [5, 5.41) is 2.71. The highest BCUT2D eigenvalue weighted by Gasteiger charge is 2.38. The van der Waals surface area contributed by atoms with Crippen molar-refractivity contribution in [1.29, 1.82) is 0 Å². The monoisotopic (exact) mass is 259 g/mol. The topological polar surface area (TPSA) is 64.6 Å². The Morgan fingerprint density at radius 2 is 1.83 bits per heavy atom. The quantitative estimate of drug-likeness (QED) is 0.578. The summed E-state index contributed by atoms with van der Waals surface area (Å²) in [4.78, 5) is 23.9. The summed E-state index contributed by atoms with van der Waals surface area (Å²) in [7, 11) is 1.57. The fourth-order valence-electron chi connectivity index (χ4n) is 1.51. The van der Waals surface area contributed by atoms with Crippen LogP contribution in [0.5, 0.6) is 0 Å². The summed E-state index contributed by atoms with van der Waals surface area (Å²) in [6.07, 6.45) is -0.0863. The molecule has 18 heavy (non-hydrogen) atoms. The molecule has 0 aromatic rings. The molecule has 0 spiro atoms. The Bertz CT molecular complexity index is 283. The lowest BCUT2D eigenvalue weighted by Crippen LogP contribution is -2.45. The van der Waals surface area contributed by atoms with Gasteiger partial charge in [0.25, 0.3) is 0 Å². The van der Waals surface area contributed by atoms with Crippen LogP contribution in [0, 0.1) is 11.3 Å². The maximum atomic E-state index is 12.1. The molecule has 5 nitrogen and oxygen atoms in total. The third-order valence-electron chi connectivity index (χ3n) is 2.62. The predicted molar refractivity (Wildman–Crippen MR) is 69.1 cm³/mol. The molecule has 0 rings (SSSR count). The van der Waals surface area contributed by atoms with Gasteiger partial charge in [0, 0.05) is 13.7 Å². The van der Waals surface area contributed by atoms with Gasteiger partial charge in [0.1, 0.15) is 5.92 Å². The highest BCUT2D eigenvalue weighted by Crippen LogP contribution is 2.27. The second kappa shape index (κ2) is 7.36. The van der Waals surface area contributed by atoms with Crippen LogP contribution in [0.3, 0.4) is 0 Å². The van der Waals surface area contributed by atoms with Gasteiger partial charge >= 0.3 is 5.97 Å². The van der Waals surface area contributed by atoms with Gasteiger partial charge in [-0.2, -0.15) is 0 Å². The van der Waals surface area contributed by atoms with E-state index < -0.39 is 17.3 Å². The maximum absolute atomic E-state index is 12.1. The first-order chi connectivity index (χ1) is 8.23. The van der Waals surface area contributed by atoms with Gasteiger partial charge < -0.3 is 14.8 Å². The molecule has 0 aliphatic rings. The molecule has 0 radical (unpaired) electrons. The van der Waals surface area contributed by atoms with Crippen LogP contribution < -0.4 is 5.32 Å². The van der Waals surface area contributed by atoms with E-state index in [0.717, 1.165) is 0 Å². The van der Waals surface area contributed by atoms with E-state index in [2.05, 4.69) is 5.32 Å². The summed E-state index contributed by atoms with van der Waals surface area (Å²) in [6, 6.07) is 0. The zero-order chi connectivity index (χ0) is 14.3. The lowest BCUT2D eigenvalue weighted by Gasteiger charge is -2.28. The lowest BCUT2D eigenvalue weighted by molar-refractivity contribution is -0.156. The Morgan fingerprint density at radius 3 is 2.22 bits per heavy atom. The van der Waals surface area contributed by atoms with Crippen molar-refractivity contribution in [3.05, 3.63) is 0 Å². The molecule has 0 heterocycles. The van der Waals surface area contributed by atoms with Crippen LogP contribution >= 0.6 is 0 Å². The molecule has 0 saturated carbocycles. The average molecular weight is 259 g/mol. The normalized spacial score (nSPS) is 14.8. The van der Waals surface area contributed by atoms with Gasteiger partial charge in [-0.1, -0.05) is 20.8 Å². The minimum absolute atomic E-state index is 0.0863. The Morgan fingerprint density at radius 1 is 1.28 bits per heavy atom. The van der Waals surface area contributed by atoms with Crippen LogP contribution in [0.2, 0.25) is 0 Å². The SMILES string of the molecule is CCOC(=O)C(C(=O)NCC(C)OC)C(C)(C)C. The number of amides is 1. The molecular formula is C13H25NO4. The number of carbonyl (C=O) groups excluding carboxylic acids is 2. The molecule has 0 bridgehead atoms. The number of esters is 1. The number of methoxy groups -OCH3 is 1. The highest BCUT2D eigenvalue weighted by atomic mass is 16.5. The van der Waals surface area contributed by atoms with Crippen LogP contribution in [-0.4, -0.2) is 38.2 Å². The molecule has 0 aromatic heterocycles. The van der Waals surface area contributed by atoms with Crippen molar-refractivity contribution in [2.45, 2.75) is 40.7 Å². The largest absolute Gasteiger partial charge is 0.465 e. The number of rotatable bonds is 6. The highest BCUT2D eigenvalue weighted by molar-refractivity contribution is 5.98. The number of ether oxygens (including phenoxy) is 2. The van der Waals surface area contributed by atoms with E-state index in [1.807, 2.05) is 27.7 Å². The number of carbonyl (C=O) groups is 2. The van der Waals surface area contributed by atoms with Gasteiger partial charge in [0.15, 0.2) is 0 Å². The zero-order valence-corrected chi connectivity index (χ0v) is 12.2. The van der Waals surface area contributed by atoms with E-state index in [1.54, 1.807) is 14.0 Å². The first kappa shape index (κ1) is 16.9. The lowest BCUT2D eigenvalue weighted by atomic mass is 9.80. The molecule has 0 saturated heterocycles. The fraction of sp³-hybridized carbons (Fsp3) is 0.846. The van der Waals surface area contributed by atoms with Crippen LogP contribution in [0.25, 0.3) is 0 Å². The molecular weight excluding hydrogens is 234 g/mol. The molecule has 0 fully saturated rings. The van der Waals surface area contributed by atoms with Crippen molar-refractivity contribution >= 4 is 11.9 Å². The van der Waals surface area contributed by atoms with Gasteiger partial charge in [-0.15, -0.1) is 0 Å². The second-order valence-electron chi connectivity index (χ2n) is 5.34. The van der Waals surface area contributed by atoms with Crippen LogP contribution in [0.15, 0.2) is 0 Å². The smallest absolute Gasteiger partial charge is 0.319 e. The van der Waals surface area contributed by atoms with Crippen molar-refractivity contribution in [3.63, 3.8) is 0 Å². The average Bonchev–Trinajstić information content (AvgIpc) is 2.24. The Hall–Kier alpha value is -1.10. The molecule has 2 unspecified atom stereocenters. The number of hydrogen-bond donors (Lipinski definition) is 1. The number of hydrogen-bond acceptors (Lipinski definition) is 4. The molecule has 5 heteroatoms. The van der Waals surface area contributed by atoms with E-state index in [9.17, 15) is 9.59 Å². The van der Waals surface area contributed by atoms with Crippen molar-refractivity contribution < 1.29 is 19.1 Å². The summed E-state index contributed by atoms with van der Waals surface area (Å²) in [5.74, 6) is -1.60. The Labute approximate surface area is 109 Å². The summed E-state index contributed by atoms with van der Waals surface area (Å²) >= 11 is 0. The van der Waals surface area contributed by atoms with Crippen LogP contribution in [0.4, 0.5) is 0 Å². The van der Waals surface area contributed by atoms with E-state index in [4.69, 9.17) is 9.47 Å². The molecule has 1 N–H and O–H groups in total. The van der Waals surface area contributed by atoms with Gasteiger partial charge in [-0.3, -0.25) is 9.59 Å². The van der Waals surface area contributed by atoms with E-state index in [0.29, 0.717) is 6.54 Å². The first-order valence-electron chi connectivity index (χ1n) is 6.21. The van der Waals surface area contributed by atoms with Gasteiger partial charge in [-0.05, 0) is 19.3 Å². The minimum atomic E-state index is -0.804. The van der Waals surface area contributed by atoms with Gasteiger partial charge in [0.2, 0.25) is 5.91 Å². The molecule has 0 aromatic carbocycles. The second-order valence-corrected chi connectivity index (χ2v) is 5.34. The van der Waals surface area contributed by atoms with Crippen molar-refractivity contribution in [2.24, 2.45) is 11.3 Å². The first-order valence-corrected chi connectivity index (χ1v) is 6.21. The zero-order valence-electron chi connectivity index (χ0n) is 12.2. The van der Waals surface area contributed by atoms with E-state index in [-0.39, 0.29) is 18.6 Å². The third kappa shape index (κ3) is 5.49. The summed E-state index contributed by atoms with van der Waals surface area (Å²) in [5.41, 5.74) is -0.480. The van der Waals surface area contributed by atoms with Crippen LogP contribution in [0.1, 0.15) is 34.6 Å². The molecule has 2 atom stereocenters. The van der Waals surface area contributed by atoms with Crippen molar-refractivity contribution in [2.75, 3.05) is 20.3 Å². The molecule has 106 valence electrons. The fourth-order valence-corrected chi connectivity index (χ4v) is 1.51. The Balaban J connectivity index is 4.67. The van der Waals surface area contributed by atoms with Gasteiger partial charge in [-0.25, -0.2) is 0 Å².